The smallest absolute Gasteiger partial charge is 0.121 e. The van der Waals surface area contributed by atoms with E-state index in [9.17, 15) is 10.2 Å². The van der Waals surface area contributed by atoms with Gasteiger partial charge >= 0.3 is 0 Å². The molecule has 30 heavy (non-hydrogen) atoms. The van der Waals surface area contributed by atoms with Gasteiger partial charge in [0, 0.05) is 11.1 Å². The van der Waals surface area contributed by atoms with Crippen molar-refractivity contribution in [1.82, 2.24) is 9.97 Å². The van der Waals surface area contributed by atoms with Crippen LogP contribution in [0.1, 0.15) is 60.3 Å². The van der Waals surface area contributed by atoms with Crippen LogP contribution >= 0.6 is 0 Å². The lowest BCUT2D eigenvalue weighted by molar-refractivity contribution is 0.466. The maximum atomic E-state index is 10.2. The quantitative estimate of drug-likeness (QED) is 0.501. The first kappa shape index (κ1) is 21.8. The highest BCUT2D eigenvalue weighted by Crippen LogP contribution is 2.34. The van der Waals surface area contributed by atoms with Crippen LogP contribution in [0.4, 0.5) is 0 Å². The van der Waals surface area contributed by atoms with Crippen LogP contribution in [0.3, 0.4) is 0 Å². The van der Waals surface area contributed by atoms with Crippen LogP contribution in [0.25, 0.3) is 22.5 Å². The molecular weight excluding hydrogens is 372 g/mol. The third-order valence-electron chi connectivity index (χ3n) is 5.54. The molecule has 3 aromatic rings. The minimum Gasteiger partial charge on any atom is -0.507 e. The monoisotopic (exact) mass is 404 g/mol. The van der Waals surface area contributed by atoms with Crippen molar-refractivity contribution in [2.75, 3.05) is 0 Å². The number of rotatable bonds is 6. The third kappa shape index (κ3) is 4.18. The summed E-state index contributed by atoms with van der Waals surface area (Å²) in [5.74, 6) is 0.674. The first-order chi connectivity index (χ1) is 14.3. The Morgan fingerprint density at radius 1 is 0.600 bits per heavy atom. The molecule has 3 rings (SSSR count). The van der Waals surface area contributed by atoms with E-state index in [4.69, 9.17) is 9.97 Å². The van der Waals surface area contributed by atoms with E-state index in [-0.39, 0.29) is 0 Å². The largest absolute Gasteiger partial charge is 0.507 e. The van der Waals surface area contributed by atoms with Crippen LogP contribution in [-0.4, -0.2) is 20.2 Å². The molecular formula is C26H32N2O2. The average molecular weight is 405 g/mol. The molecule has 0 aliphatic carbocycles. The fraction of sp³-hybridized carbons (Fsp3) is 0.385. The predicted octanol–water partition coefficient (Wildman–Crippen LogP) is 6.36. The van der Waals surface area contributed by atoms with Crippen molar-refractivity contribution in [3.8, 4) is 34.0 Å². The molecule has 1 aromatic heterocycles. The van der Waals surface area contributed by atoms with Crippen LogP contribution in [0.2, 0.25) is 0 Å². The first-order valence-corrected chi connectivity index (χ1v) is 10.8. The molecule has 0 spiro atoms. The number of aryl methyl sites for hydroxylation is 6. The first-order valence-electron chi connectivity index (χ1n) is 10.8. The van der Waals surface area contributed by atoms with Crippen LogP contribution in [0, 0.1) is 27.7 Å². The van der Waals surface area contributed by atoms with Crippen LogP contribution in [0.5, 0.6) is 11.5 Å². The molecule has 0 aliphatic heterocycles. The van der Waals surface area contributed by atoms with Crippen LogP contribution in [-0.2, 0) is 12.8 Å². The highest BCUT2D eigenvalue weighted by atomic mass is 16.3. The SMILES string of the molecule is CCCc1nc(-c2cc(C)c(O)c(C)c2)c(CCC)nc1-c1cc(C)c(O)c(C)c1. The van der Waals surface area contributed by atoms with Crippen molar-refractivity contribution in [2.45, 2.75) is 67.2 Å². The molecule has 1 heterocycles. The van der Waals surface area contributed by atoms with Crippen molar-refractivity contribution in [3.63, 3.8) is 0 Å². The van der Waals surface area contributed by atoms with Gasteiger partial charge in [0.05, 0.1) is 22.8 Å². The minimum absolute atomic E-state index is 0.337. The van der Waals surface area contributed by atoms with Gasteiger partial charge in [-0.05, 0) is 87.1 Å². The Morgan fingerprint density at radius 2 is 0.900 bits per heavy atom. The molecule has 2 aromatic carbocycles. The van der Waals surface area contributed by atoms with E-state index < -0.39 is 0 Å². The topological polar surface area (TPSA) is 66.2 Å². The van der Waals surface area contributed by atoms with Gasteiger partial charge in [0.1, 0.15) is 11.5 Å². The van der Waals surface area contributed by atoms with Gasteiger partial charge in [0.2, 0.25) is 0 Å². The highest BCUT2D eigenvalue weighted by molar-refractivity contribution is 5.71. The van der Waals surface area contributed by atoms with Gasteiger partial charge in [-0.25, -0.2) is 9.97 Å². The Morgan fingerprint density at radius 3 is 1.17 bits per heavy atom. The summed E-state index contributed by atoms with van der Waals surface area (Å²) in [6, 6.07) is 7.98. The number of phenols is 2. The second-order valence-corrected chi connectivity index (χ2v) is 8.23. The van der Waals surface area contributed by atoms with Crippen molar-refractivity contribution in [2.24, 2.45) is 0 Å². The molecule has 4 nitrogen and oxygen atoms in total. The summed E-state index contributed by atoms with van der Waals surface area (Å²) in [6.45, 7) is 12.0. The summed E-state index contributed by atoms with van der Waals surface area (Å²) in [5, 5.41) is 20.4. The van der Waals surface area contributed by atoms with E-state index in [1.807, 2.05) is 52.0 Å². The molecule has 0 saturated carbocycles. The lowest BCUT2D eigenvalue weighted by atomic mass is 9.97. The second-order valence-electron chi connectivity index (χ2n) is 8.23. The summed E-state index contributed by atoms with van der Waals surface area (Å²) < 4.78 is 0. The maximum absolute atomic E-state index is 10.2. The maximum Gasteiger partial charge on any atom is 0.121 e. The summed E-state index contributed by atoms with van der Waals surface area (Å²) in [6.07, 6.45) is 3.60. The van der Waals surface area contributed by atoms with Crippen molar-refractivity contribution >= 4 is 0 Å². The van der Waals surface area contributed by atoms with Gasteiger partial charge in [0.25, 0.3) is 0 Å². The van der Waals surface area contributed by atoms with E-state index >= 15 is 0 Å². The number of nitrogens with zero attached hydrogens (tertiary/aromatic N) is 2. The van der Waals surface area contributed by atoms with E-state index in [1.54, 1.807) is 0 Å². The second kappa shape index (κ2) is 8.86. The molecule has 0 aliphatic rings. The molecule has 0 unspecified atom stereocenters. The van der Waals surface area contributed by atoms with Gasteiger partial charge in [0.15, 0.2) is 0 Å². The summed E-state index contributed by atoms with van der Waals surface area (Å²) in [5.41, 5.74) is 9.15. The molecule has 0 amide bonds. The number of hydrogen-bond acceptors (Lipinski definition) is 4. The van der Waals surface area contributed by atoms with Gasteiger partial charge in [-0.3, -0.25) is 0 Å². The fourth-order valence-electron chi connectivity index (χ4n) is 3.97. The molecule has 2 N–H and O–H groups in total. The summed E-state index contributed by atoms with van der Waals surface area (Å²) in [7, 11) is 0. The van der Waals surface area contributed by atoms with Gasteiger partial charge in [-0.1, -0.05) is 26.7 Å². The van der Waals surface area contributed by atoms with Gasteiger partial charge in [-0.15, -0.1) is 0 Å². The highest BCUT2D eigenvalue weighted by Gasteiger charge is 2.18. The fourth-order valence-corrected chi connectivity index (χ4v) is 3.97. The van der Waals surface area contributed by atoms with E-state index in [0.29, 0.717) is 11.5 Å². The Kier molecular flexibility index (Phi) is 6.45. The molecule has 0 bridgehead atoms. The van der Waals surface area contributed by atoms with Gasteiger partial charge in [-0.2, -0.15) is 0 Å². The zero-order valence-electron chi connectivity index (χ0n) is 18.9. The van der Waals surface area contributed by atoms with Crippen LogP contribution in [0.15, 0.2) is 24.3 Å². The lowest BCUT2D eigenvalue weighted by Gasteiger charge is -2.17. The number of hydrogen-bond donors (Lipinski definition) is 2. The average Bonchev–Trinajstić information content (AvgIpc) is 2.70. The molecule has 158 valence electrons. The molecule has 0 saturated heterocycles. The van der Waals surface area contributed by atoms with Crippen LogP contribution < -0.4 is 0 Å². The Balaban J connectivity index is 2.27. The molecule has 0 atom stereocenters. The summed E-state index contributed by atoms with van der Waals surface area (Å²) >= 11 is 0. The number of aromatic hydroxyl groups is 2. The normalized spacial score (nSPS) is 11.1. The predicted molar refractivity (Wildman–Crippen MR) is 123 cm³/mol. The van der Waals surface area contributed by atoms with Gasteiger partial charge < -0.3 is 10.2 Å². The Hall–Kier alpha value is -2.88. The van der Waals surface area contributed by atoms with E-state index in [2.05, 4.69) is 13.8 Å². The van der Waals surface area contributed by atoms with E-state index in [1.165, 1.54) is 0 Å². The Bertz CT molecular complexity index is 953. The number of aromatic nitrogens is 2. The molecule has 0 radical (unpaired) electrons. The van der Waals surface area contributed by atoms with Crippen molar-refractivity contribution in [3.05, 3.63) is 57.9 Å². The molecule has 0 fully saturated rings. The zero-order valence-corrected chi connectivity index (χ0v) is 18.9. The minimum atomic E-state index is 0.337. The number of benzene rings is 2. The zero-order chi connectivity index (χ0) is 22.0. The van der Waals surface area contributed by atoms with E-state index in [0.717, 1.165) is 81.8 Å². The standard InChI is InChI=1S/C26H32N2O2/c1-7-9-21-23(19-11-15(3)25(29)16(4)12-19)28-22(10-8-2)24(27-21)20-13-17(5)26(30)18(6)14-20/h11-14,29-30H,7-10H2,1-6H3. The summed E-state index contributed by atoms with van der Waals surface area (Å²) in [4.78, 5) is 10.2. The Labute approximate surface area is 179 Å². The van der Waals surface area contributed by atoms with Crippen molar-refractivity contribution < 1.29 is 10.2 Å². The lowest BCUT2D eigenvalue weighted by Crippen LogP contribution is -2.06. The number of phenolic OH excluding ortho intramolecular Hbond substituents is 2. The third-order valence-corrected chi connectivity index (χ3v) is 5.54. The molecule has 4 heteroatoms. The van der Waals surface area contributed by atoms with Crippen molar-refractivity contribution in [1.29, 1.82) is 0 Å².